The fourth-order valence-corrected chi connectivity index (χ4v) is 3.50. The molecule has 1 heterocycles. The zero-order chi connectivity index (χ0) is 19.1. The minimum Gasteiger partial charge on any atom is -0.496 e. The van der Waals surface area contributed by atoms with Gasteiger partial charge in [0.25, 0.3) is 0 Å². The average molecular weight is 367 g/mol. The number of benzene rings is 2. The van der Waals surface area contributed by atoms with E-state index in [0.29, 0.717) is 6.54 Å². The van der Waals surface area contributed by atoms with Gasteiger partial charge in [-0.25, -0.2) is 4.79 Å². The van der Waals surface area contributed by atoms with Gasteiger partial charge in [-0.3, -0.25) is 4.90 Å². The highest BCUT2D eigenvalue weighted by Gasteiger charge is 2.20. The standard InChI is InChI=1S/C22H29N3O2/c1-18-6-5-7-19(16-18)17-24-12-14-25(15-13-24)22(26)23-11-10-20-8-3-4-9-21(20)27-2/h3-9,16H,10-15,17H2,1-2H3,(H,23,26). The number of para-hydroxylation sites is 1. The molecule has 1 aliphatic heterocycles. The van der Waals surface area contributed by atoms with Crippen molar-refractivity contribution in [2.75, 3.05) is 39.8 Å². The van der Waals surface area contributed by atoms with E-state index in [0.717, 1.165) is 50.5 Å². The van der Waals surface area contributed by atoms with Crippen LogP contribution in [-0.2, 0) is 13.0 Å². The number of hydrogen-bond donors (Lipinski definition) is 1. The SMILES string of the molecule is COc1ccccc1CCNC(=O)N1CCN(Cc2cccc(C)c2)CC1. The zero-order valence-corrected chi connectivity index (χ0v) is 16.3. The first-order valence-corrected chi connectivity index (χ1v) is 9.58. The lowest BCUT2D eigenvalue weighted by atomic mass is 10.1. The Hall–Kier alpha value is -2.53. The summed E-state index contributed by atoms with van der Waals surface area (Å²) in [6, 6.07) is 16.6. The largest absolute Gasteiger partial charge is 0.496 e. The maximum absolute atomic E-state index is 12.4. The molecule has 5 nitrogen and oxygen atoms in total. The van der Waals surface area contributed by atoms with Gasteiger partial charge in [-0.15, -0.1) is 0 Å². The van der Waals surface area contributed by atoms with E-state index in [4.69, 9.17) is 4.74 Å². The van der Waals surface area contributed by atoms with E-state index >= 15 is 0 Å². The number of rotatable bonds is 6. The molecule has 0 spiro atoms. The smallest absolute Gasteiger partial charge is 0.317 e. The molecule has 0 bridgehead atoms. The Morgan fingerprint density at radius 2 is 1.85 bits per heavy atom. The van der Waals surface area contributed by atoms with Gasteiger partial charge >= 0.3 is 6.03 Å². The molecule has 1 fully saturated rings. The molecule has 3 rings (SSSR count). The number of urea groups is 1. The third-order valence-electron chi connectivity index (χ3n) is 5.01. The van der Waals surface area contributed by atoms with Gasteiger partial charge in [0.2, 0.25) is 0 Å². The molecule has 2 aromatic rings. The Morgan fingerprint density at radius 3 is 2.59 bits per heavy atom. The van der Waals surface area contributed by atoms with Crippen molar-refractivity contribution < 1.29 is 9.53 Å². The molecule has 0 atom stereocenters. The molecule has 0 saturated carbocycles. The second kappa shape index (κ2) is 9.42. The van der Waals surface area contributed by atoms with Crippen LogP contribution in [0.3, 0.4) is 0 Å². The Morgan fingerprint density at radius 1 is 1.07 bits per heavy atom. The van der Waals surface area contributed by atoms with Crippen molar-refractivity contribution >= 4 is 6.03 Å². The summed E-state index contributed by atoms with van der Waals surface area (Å²) in [5.74, 6) is 0.872. The van der Waals surface area contributed by atoms with E-state index in [1.165, 1.54) is 11.1 Å². The summed E-state index contributed by atoms with van der Waals surface area (Å²) in [7, 11) is 1.67. The van der Waals surface area contributed by atoms with Crippen molar-refractivity contribution in [2.45, 2.75) is 19.9 Å². The lowest BCUT2D eigenvalue weighted by Crippen LogP contribution is -2.51. The lowest BCUT2D eigenvalue weighted by molar-refractivity contribution is 0.135. The summed E-state index contributed by atoms with van der Waals surface area (Å²) in [5.41, 5.74) is 3.74. The number of amides is 2. The van der Waals surface area contributed by atoms with Crippen molar-refractivity contribution in [3.8, 4) is 5.75 Å². The number of aryl methyl sites for hydroxylation is 1. The molecule has 0 radical (unpaired) electrons. The molecule has 1 saturated heterocycles. The maximum atomic E-state index is 12.4. The summed E-state index contributed by atoms with van der Waals surface area (Å²) < 4.78 is 5.36. The number of carbonyl (C=O) groups is 1. The van der Waals surface area contributed by atoms with Gasteiger partial charge in [-0.1, -0.05) is 48.0 Å². The highest BCUT2D eigenvalue weighted by molar-refractivity contribution is 5.74. The molecular formula is C22H29N3O2. The number of nitrogens with zero attached hydrogens (tertiary/aromatic N) is 2. The summed E-state index contributed by atoms with van der Waals surface area (Å²) in [6.45, 7) is 7.05. The number of piperazine rings is 1. The van der Waals surface area contributed by atoms with Gasteiger partial charge in [0, 0.05) is 39.3 Å². The van der Waals surface area contributed by atoms with Gasteiger partial charge < -0.3 is 15.0 Å². The van der Waals surface area contributed by atoms with Crippen LogP contribution in [0.15, 0.2) is 48.5 Å². The average Bonchev–Trinajstić information content (AvgIpc) is 2.69. The number of ether oxygens (including phenoxy) is 1. The number of nitrogens with one attached hydrogen (secondary N) is 1. The minimum atomic E-state index is 0.0279. The number of carbonyl (C=O) groups excluding carboxylic acids is 1. The predicted octanol–water partition coefficient (Wildman–Crippen LogP) is 3.07. The van der Waals surface area contributed by atoms with E-state index in [1.54, 1.807) is 7.11 Å². The molecule has 0 unspecified atom stereocenters. The van der Waals surface area contributed by atoms with Crippen LogP contribution in [0, 0.1) is 6.92 Å². The second-order valence-electron chi connectivity index (χ2n) is 7.05. The van der Waals surface area contributed by atoms with Gasteiger partial charge in [0.1, 0.15) is 5.75 Å². The fraction of sp³-hybridized carbons (Fsp3) is 0.409. The van der Waals surface area contributed by atoms with Gasteiger partial charge in [-0.05, 0) is 30.5 Å². The van der Waals surface area contributed by atoms with Crippen LogP contribution in [0.2, 0.25) is 0 Å². The highest BCUT2D eigenvalue weighted by atomic mass is 16.5. The normalized spacial score (nSPS) is 14.8. The van der Waals surface area contributed by atoms with E-state index < -0.39 is 0 Å². The van der Waals surface area contributed by atoms with Gasteiger partial charge in [0.15, 0.2) is 0 Å². The van der Waals surface area contributed by atoms with E-state index in [9.17, 15) is 4.79 Å². The van der Waals surface area contributed by atoms with Crippen LogP contribution in [0.5, 0.6) is 5.75 Å². The minimum absolute atomic E-state index is 0.0279. The summed E-state index contributed by atoms with van der Waals surface area (Å²) in [4.78, 5) is 16.7. The third-order valence-corrected chi connectivity index (χ3v) is 5.01. The van der Waals surface area contributed by atoms with E-state index in [-0.39, 0.29) is 6.03 Å². The number of hydrogen-bond acceptors (Lipinski definition) is 3. The Bertz CT molecular complexity index is 755. The monoisotopic (exact) mass is 367 g/mol. The zero-order valence-electron chi connectivity index (χ0n) is 16.3. The Labute approximate surface area is 161 Å². The quantitative estimate of drug-likeness (QED) is 0.853. The van der Waals surface area contributed by atoms with Crippen LogP contribution < -0.4 is 10.1 Å². The first kappa shape index (κ1) is 19.2. The second-order valence-corrected chi connectivity index (χ2v) is 7.05. The van der Waals surface area contributed by atoms with Gasteiger partial charge in [0.05, 0.1) is 7.11 Å². The van der Waals surface area contributed by atoms with Crippen molar-refractivity contribution in [1.29, 1.82) is 0 Å². The molecule has 1 N–H and O–H groups in total. The molecular weight excluding hydrogens is 338 g/mol. The summed E-state index contributed by atoms with van der Waals surface area (Å²) >= 11 is 0. The molecule has 1 aliphatic rings. The maximum Gasteiger partial charge on any atom is 0.317 e. The van der Waals surface area contributed by atoms with Crippen LogP contribution in [0.1, 0.15) is 16.7 Å². The van der Waals surface area contributed by atoms with Gasteiger partial charge in [-0.2, -0.15) is 0 Å². The fourth-order valence-electron chi connectivity index (χ4n) is 3.50. The van der Waals surface area contributed by atoms with Crippen LogP contribution in [0.4, 0.5) is 4.79 Å². The topological polar surface area (TPSA) is 44.8 Å². The highest BCUT2D eigenvalue weighted by Crippen LogP contribution is 2.17. The molecule has 144 valence electrons. The Kier molecular flexibility index (Phi) is 6.71. The predicted molar refractivity (Wildman–Crippen MR) is 108 cm³/mol. The van der Waals surface area contributed by atoms with E-state index in [2.05, 4.69) is 41.4 Å². The van der Waals surface area contributed by atoms with Crippen LogP contribution in [0.25, 0.3) is 0 Å². The summed E-state index contributed by atoms with van der Waals surface area (Å²) in [6.07, 6.45) is 0.767. The first-order valence-electron chi connectivity index (χ1n) is 9.58. The molecule has 0 aliphatic carbocycles. The molecule has 2 aromatic carbocycles. The Balaban J connectivity index is 1.40. The van der Waals surface area contributed by atoms with Crippen LogP contribution >= 0.6 is 0 Å². The molecule has 2 amide bonds. The molecule has 5 heteroatoms. The van der Waals surface area contributed by atoms with E-state index in [1.807, 2.05) is 29.2 Å². The van der Waals surface area contributed by atoms with Crippen molar-refractivity contribution in [3.05, 3.63) is 65.2 Å². The molecule has 27 heavy (non-hydrogen) atoms. The molecule has 0 aromatic heterocycles. The van der Waals surface area contributed by atoms with Crippen molar-refractivity contribution in [3.63, 3.8) is 0 Å². The van der Waals surface area contributed by atoms with Crippen molar-refractivity contribution in [1.82, 2.24) is 15.1 Å². The lowest BCUT2D eigenvalue weighted by Gasteiger charge is -2.34. The number of methoxy groups -OCH3 is 1. The summed E-state index contributed by atoms with van der Waals surface area (Å²) in [5, 5.41) is 3.04. The van der Waals surface area contributed by atoms with Crippen LogP contribution in [-0.4, -0.2) is 55.7 Å². The van der Waals surface area contributed by atoms with Crippen molar-refractivity contribution in [2.24, 2.45) is 0 Å². The third kappa shape index (κ3) is 5.47. The first-order chi connectivity index (χ1) is 13.2.